The summed E-state index contributed by atoms with van der Waals surface area (Å²) in [5, 5.41) is 2.97. The highest BCUT2D eigenvalue weighted by Gasteiger charge is 2.32. The van der Waals surface area contributed by atoms with Crippen molar-refractivity contribution in [2.45, 2.75) is 25.2 Å². The van der Waals surface area contributed by atoms with Gasteiger partial charge in [-0.25, -0.2) is 4.98 Å². The predicted molar refractivity (Wildman–Crippen MR) is 85.1 cm³/mol. The first kappa shape index (κ1) is 17.3. The quantitative estimate of drug-likeness (QED) is 0.859. The molecule has 0 saturated carbocycles. The number of halogens is 3. The van der Waals surface area contributed by atoms with Crippen LogP contribution in [0, 0.1) is 0 Å². The topological polar surface area (TPSA) is 82.3 Å². The van der Waals surface area contributed by atoms with Gasteiger partial charge in [0.1, 0.15) is 11.6 Å². The van der Waals surface area contributed by atoms with E-state index < -0.39 is 6.36 Å². The third-order valence-corrected chi connectivity index (χ3v) is 3.77. The van der Waals surface area contributed by atoms with Gasteiger partial charge in [-0.3, -0.25) is 0 Å². The molecule has 25 heavy (non-hydrogen) atoms. The average molecular weight is 354 g/mol. The van der Waals surface area contributed by atoms with Crippen LogP contribution in [-0.2, 0) is 11.3 Å². The number of hydrogen-bond acceptors (Lipinski definition) is 6. The standard InChI is InChI=1S/C16H17F3N4O2/c17-16(18,19)25-13-4-2-1-3-10(13)8-21-14-7-12(22-15(20)23-14)11-5-6-24-9-11/h1-4,7,11H,5-6,8-9H2,(H3,20,21,22,23)/t11-/m0/s1. The Kier molecular flexibility index (Phi) is 4.93. The number of nitrogen functional groups attached to an aromatic ring is 1. The van der Waals surface area contributed by atoms with Gasteiger partial charge in [-0.05, 0) is 12.5 Å². The summed E-state index contributed by atoms with van der Waals surface area (Å²) in [7, 11) is 0. The van der Waals surface area contributed by atoms with E-state index >= 15 is 0 Å². The van der Waals surface area contributed by atoms with Crippen LogP contribution in [0.3, 0.4) is 0 Å². The molecule has 0 spiro atoms. The van der Waals surface area contributed by atoms with E-state index in [1.807, 2.05) is 0 Å². The molecule has 9 heteroatoms. The molecule has 3 N–H and O–H groups in total. The Morgan fingerprint density at radius 3 is 2.80 bits per heavy atom. The fourth-order valence-corrected chi connectivity index (χ4v) is 2.61. The molecule has 3 rings (SSSR count). The molecule has 134 valence electrons. The molecule has 1 aromatic heterocycles. The van der Waals surface area contributed by atoms with Gasteiger partial charge in [0, 0.05) is 30.7 Å². The zero-order valence-corrected chi connectivity index (χ0v) is 13.2. The van der Waals surface area contributed by atoms with Crippen LogP contribution in [0.1, 0.15) is 23.6 Å². The van der Waals surface area contributed by atoms with Crippen molar-refractivity contribution in [3.05, 3.63) is 41.6 Å². The SMILES string of the molecule is Nc1nc(NCc2ccccc2OC(F)(F)F)cc([C@H]2CCOC2)n1. The highest BCUT2D eigenvalue weighted by Crippen LogP contribution is 2.28. The normalized spacial score (nSPS) is 17.5. The van der Waals surface area contributed by atoms with Crippen LogP contribution >= 0.6 is 0 Å². The van der Waals surface area contributed by atoms with Crippen LogP contribution in [0.2, 0.25) is 0 Å². The molecule has 0 bridgehead atoms. The second-order valence-electron chi connectivity index (χ2n) is 5.61. The molecule has 0 radical (unpaired) electrons. The third-order valence-electron chi connectivity index (χ3n) is 3.77. The third kappa shape index (κ3) is 4.72. The lowest BCUT2D eigenvalue weighted by molar-refractivity contribution is -0.274. The Bertz CT molecular complexity index is 734. The number of nitrogens with zero attached hydrogens (tertiary/aromatic N) is 2. The molecular formula is C16H17F3N4O2. The van der Waals surface area contributed by atoms with Crippen LogP contribution in [0.25, 0.3) is 0 Å². The van der Waals surface area contributed by atoms with E-state index in [1.165, 1.54) is 12.1 Å². The van der Waals surface area contributed by atoms with E-state index in [0.29, 0.717) is 24.6 Å². The number of nitrogens with one attached hydrogen (secondary N) is 1. The minimum Gasteiger partial charge on any atom is -0.405 e. The number of aromatic nitrogens is 2. The second kappa shape index (κ2) is 7.14. The summed E-state index contributed by atoms with van der Waals surface area (Å²) in [5.74, 6) is 0.434. The summed E-state index contributed by atoms with van der Waals surface area (Å²) in [4.78, 5) is 8.29. The summed E-state index contributed by atoms with van der Waals surface area (Å²) in [6, 6.07) is 7.66. The van der Waals surface area contributed by atoms with Crippen molar-refractivity contribution >= 4 is 11.8 Å². The maximum absolute atomic E-state index is 12.5. The summed E-state index contributed by atoms with van der Waals surface area (Å²) in [6.45, 7) is 1.33. The van der Waals surface area contributed by atoms with Crippen molar-refractivity contribution < 1.29 is 22.6 Å². The Morgan fingerprint density at radius 2 is 2.08 bits per heavy atom. The summed E-state index contributed by atoms with van der Waals surface area (Å²) in [5.41, 5.74) is 6.84. The van der Waals surface area contributed by atoms with E-state index in [2.05, 4.69) is 20.0 Å². The fourth-order valence-electron chi connectivity index (χ4n) is 2.61. The van der Waals surface area contributed by atoms with E-state index in [9.17, 15) is 13.2 Å². The predicted octanol–water partition coefficient (Wildman–Crippen LogP) is 3.07. The van der Waals surface area contributed by atoms with Gasteiger partial charge < -0.3 is 20.5 Å². The Hall–Kier alpha value is -2.55. The zero-order valence-electron chi connectivity index (χ0n) is 13.2. The van der Waals surface area contributed by atoms with Crippen LogP contribution in [0.5, 0.6) is 5.75 Å². The Balaban J connectivity index is 1.74. The molecule has 1 atom stereocenters. The number of nitrogens with two attached hydrogens (primary N) is 1. The first-order chi connectivity index (χ1) is 11.9. The largest absolute Gasteiger partial charge is 0.573 e. The molecule has 2 aromatic rings. The van der Waals surface area contributed by atoms with E-state index in [1.54, 1.807) is 18.2 Å². The molecule has 1 aliphatic rings. The van der Waals surface area contributed by atoms with Gasteiger partial charge >= 0.3 is 6.36 Å². The Morgan fingerprint density at radius 1 is 1.28 bits per heavy atom. The maximum atomic E-state index is 12.5. The minimum absolute atomic E-state index is 0.101. The maximum Gasteiger partial charge on any atom is 0.573 e. The molecule has 1 aromatic carbocycles. The molecule has 1 aliphatic heterocycles. The van der Waals surface area contributed by atoms with Crippen LogP contribution in [0.4, 0.5) is 24.9 Å². The van der Waals surface area contributed by atoms with Gasteiger partial charge in [0.2, 0.25) is 5.95 Å². The summed E-state index contributed by atoms with van der Waals surface area (Å²) >= 11 is 0. The average Bonchev–Trinajstić information content (AvgIpc) is 3.06. The summed E-state index contributed by atoms with van der Waals surface area (Å²) in [6.07, 6.45) is -3.90. The first-order valence-electron chi connectivity index (χ1n) is 7.70. The van der Waals surface area contributed by atoms with Crippen molar-refractivity contribution in [2.75, 3.05) is 24.3 Å². The molecule has 0 unspecified atom stereocenters. The number of rotatable bonds is 5. The number of hydrogen-bond donors (Lipinski definition) is 2. The zero-order chi connectivity index (χ0) is 17.9. The van der Waals surface area contributed by atoms with Gasteiger partial charge in [0.05, 0.1) is 12.3 Å². The highest BCUT2D eigenvalue weighted by molar-refractivity contribution is 5.44. The number of para-hydroxylation sites is 1. The van der Waals surface area contributed by atoms with Crippen molar-refractivity contribution in [3.63, 3.8) is 0 Å². The van der Waals surface area contributed by atoms with Crippen molar-refractivity contribution in [1.82, 2.24) is 9.97 Å². The van der Waals surface area contributed by atoms with E-state index in [4.69, 9.17) is 10.5 Å². The molecular weight excluding hydrogens is 337 g/mol. The first-order valence-corrected chi connectivity index (χ1v) is 7.70. The van der Waals surface area contributed by atoms with Crippen LogP contribution < -0.4 is 15.8 Å². The monoisotopic (exact) mass is 354 g/mol. The number of ether oxygens (including phenoxy) is 2. The molecule has 1 fully saturated rings. The lowest BCUT2D eigenvalue weighted by Crippen LogP contribution is -2.18. The van der Waals surface area contributed by atoms with Gasteiger partial charge in [0.15, 0.2) is 0 Å². The van der Waals surface area contributed by atoms with Gasteiger partial charge in [-0.15, -0.1) is 13.2 Å². The smallest absolute Gasteiger partial charge is 0.405 e. The number of benzene rings is 1. The molecule has 2 heterocycles. The van der Waals surface area contributed by atoms with Gasteiger partial charge in [-0.2, -0.15) is 4.98 Å². The molecule has 6 nitrogen and oxygen atoms in total. The van der Waals surface area contributed by atoms with Crippen molar-refractivity contribution in [3.8, 4) is 5.75 Å². The molecule has 0 aliphatic carbocycles. The fraction of sp³-hybridized carbons (Fsp3) is 0.375. The minimum atomic E-state index is -4.74. The van der Waals surface area contributed by atoms with Crippen molar-refractivity contribution in [1.29, 1.82) is 0 Å². The molecule has 1 saturated heterocycles. The second-order valence-corrected chi connectivity index (χ2v) is 5.61. The van der Waals surface area contributed by atoms with Gasteiger partial charge in [-0.1, -0.05) is 18.2 Å². The molecule has 0 amide bonds. The number of alkyl halides is 3. The number of anilines is 2. The van der Waals surface area contributed by atoms with Crippen LogP contribution in [-0.4, -0.2) is 29.5 Å². The lowest BCUT2D eigenvalue weighted by Gasteiger charge is -2.15. The van der Waals surface area contributed by atoms with E-state index in [0.717, 1.165) is 12.1 Å². The lowest BCUT2D eigenvalue weighted by atomic mass is 10.0. The van der Waals surface area contributed by atoms with Gasteiger partial charge in [0.25, 0.3) is 0 Å². The van der Waals surface area contributed by atoms with Crippen molar-refractivity contribution in [2.24, 2.45) is 0 Å². The van der Waals surface area contributed by atoms with E-state index in [-0.39, 0.29) is 24.2 Å². The summed E-state index contributed by atoms with van der Waals surface area (Å²) < 4.78 is 46.8. The van der Waals surface area contributed by atoms with Crippen LogP contribution in [0.15, 0.2) is 30.3 Å². The highest BCUT2D eigenvalue weighted by atomic mass is 19.4. The Labute approximate surface area is 142 Å².